The van der Waals surface area contributed by atoms with E-state index in [1.807, 2.05) is 30.3 Å². The molecule has 3 nitrogen and oxygen atoms in total. The van der Waals surface area contributed by atoms with E-state index < -0.39 is 0 Å². The number of nitrogens with one attached hydrogen (secondary N) is 1. The van der Waals surface area contributed by atoms with Crippen LogP contribution in [0.5, 0.6) is 0 Å². The summed E-state index contributed by atoms with van der Waals surface area (Å²) in [7, 11) is 0. The smallest absolute Gasteiger partial charge is 0.326 e. The molecule has 1 aromatic rings. The van der Waals surface area contributed by atoms with Gasteiger partial charge in [0.15, 0.2) is 0 Å². The van der Waals surface area contributed by atoms with E-state index in [9.17, 15) is 4.79 Å². The van der Waals surface area contributed by atoms with Gasteiger partial charge in [0, 0.05) is 0 Å². The Labute approximate surface area is 94.8 Å². The Morgan fingerprint density at radius 2 is 2.25 bits per heavy atom. The number of hydrogen-bond donors (Lipinski definition) is 1. The van der Waals surface area contributed by atoms with E-state index in [0.717, 1.165) is 24.9 Å². The molecule has 3 rings (SSSR count). The number of benzene rings is 1. The van der Waals surface area contributed by atoms with Gasteiger partial charge in [-0.1, -0.05) is 30.3 Å². The molecule has 16 heavy (non-hydrogen) atoms. The second-order valence-electron chi connectivity index (χ2n) is 4.65. The van der Waals surface area contributed by atoms with E-state index in [1.54, 1.807) is 0 Å². The lowest BCUT2D eigenvalue weighted by Crippen LogP contribution is -2.38. The van der Waals surface area contributed by atoms with E-state index >= 15 is 0 Å². The van der Waals surface area contributed by atoms with Gasteiger partial charge in [-0.05, 0) is 30.9 Å². The first kappa shape index (κ1) is 9.85. The summed E-state index contributed by atoms with van der Waals surface area (Å²) in [6.45, 7) is 1.33. The van der Waals surface area contributed by atoms with E-state index in [-0.39, 0.29) is 11.5 Å². The van der Waals surface area contributed by atoms with Gasteiger partial charge in [0.05, 0.1) is 0 Å². The summed E-state index contributed by atoms with van der Waals surface area (Å²) in [5.41, 5.74) is 0.733. The van der Waals surface area contributed by atoms with Gasteiger partial charge in [0.2, 0.25) is 0 Å². The number of ether oxygens (including phenoxy) is 1. The zero-order valence-electron chi connectivity index (χ0n) is 9.11. The van der Waals surface area contributed by atoms with Crippen LogP contribution in [0.4, 0.5) is 0 Å². The Morgan fingerprint density at radius 1 is 1.44 bits per heavy atom. The van der Waals surface area contributed by atoms with Gasteiger partial charge in [0.1, 0.15) is 12.1 Å². The first-order valence-corrected chi connectivity index (χ1v) is 5.77. The largest absolute Gasteiger partial charge is 0.459 e. The molecule has 1 aliphatic carbocycles. The molecule has 0 radical (unpaired) electrons. The van der Waals surface area contributed by atoms with Crippen LogP contribution in [0.25, 0.3) is 0 Å². The van der Waals surface area contributed by atoms with Gasteiger partial charge in [-0.25, -0.2) is 0 Å². The molecule has 0 spiro atoms. The maximum atomic E-state index is 11.9. The van der Waals surface area contributed by atoms with E-state index in [2.05, 4.69) is 5.32 Å². The molecule has 2 atom stereocenters. The number of carbonyl (C=O) groups excluding carboxylic acids is 1. The highest BCUT2D eigenvalue weighted by molar-refractivity contribution is 5.85. The lowest BCUT2D eigenvalue weighted by molar-refractivity contribution is -0.148. The molecule has 3 heteroatoms. The zero-order valence-corrected chi connectivity index (χ0v) is 9.11. The second kappa shape index (κ2) is 3.59. The third-order valence-electron chi connectivity index (χ3n) is 3.62. The monoisotopic (exact) mass is 217 g/mol. The number of piperidine rings is 1. The highest BCUT2D eigenvalue weighted by Crippen LogP contribution is 2.50. The normalized spacial score (nSPS) is 30.9. The van der Waals surface area contributed by atoms with Gasteiger partial charge in [-0.15, -0.1) is 0 Å². The van der Waals surface area contributed by atoms with E-state index in [0.29, 0.717) is 12.5 Å². The molecule has 0 bridgehead atoms. The van der Waals surface area contributed by atoms with Crippen molar-refractivity contribution < 1.29 is 9.53 Å². The van der Waals surface area contributed by atoms with Gasteiger partial charge in [-0.3, -0.25) is 4.79 Å². The summed E-state index contributed by atoms with van der Waals surface area (Å²) in [5.74, 6) is 0.453. The summed E-state index contributed by atoms with van der Waals surface area (Å²) >= 11 is 0. The van der Waals surface area contributed by atoms with Crippen molar-refractivity contribution in [1.82, 2.24) is 5.32 Å². The standard InChI is InChI=1S/C13H15NO2/c15-12(13-8-11(13)6-7-14-13)16-9-10-4-2-1-3-5-10/h1-5,11,14H,6-9H2/t11-,13+/m1/s1. The average Bonchev–Trinajstić information content (AvgIpc) is 2.90. The van der Waals surface area contributed by atoms with Crippen molar-refractivity contribution in [3.8, 4) is 0 Å². The molecule has 1 N–H and O–H groups in total. The predicted octanol–water partition coefficient (Wildman–Crippen LogP) is 1.48. The van der Waals surface area contributed by atoms with Crippen LogP contribution in [0, 0.1) is 5.92 Å². The van der Waals surface area contributed by atoms with Gasteiger partial charge < -0.3 is 10.1 Å². The van der Waals surface area contributed by atoms with Gasteiger partial charge in [0.25, 0.3) is 0 Å². The fraction of sp³-hybridized carbons (Fsp3) is 0.462. The maximum absolute atomic E-state index is 11.9. The minimum absolute atomic E-state index is 0.0705. The molecule has 0 unspecified atom stereocenters. The molecule has 1 heterocycles. The van der Waals surface area contributed by atoms with Crippen molar-refractivity contribution in [1.29, 1.82) is 0 Å². The molecule has 1 aliphatic heterocycles. The Balaban J connectivity index is 1.58. The molecule has 2 fully saturated rings. The third kappa shape index (κ3) is 1.52. The number of rotatable bonds is 3. The van der Waals surface area contributed by atoms with Crippen LogP contribution < -0.4 is 5.32 Å². The van der Waals surface area contributed by atoms with Crippen molar-refractivity contribution >= 4 is 5.97 Å². The minimum atomic E-state index is -0.311. The van der Waals surface area contributed by atoms with Crippen LogP contribution in [0.1, 0.15) is 18.4 Å². The third-order valence-corrected chi connectivity index (χ3v) is 3.62. The van der Waals surface area contributed by atoms with Crippen LogP contribution in [-0.4, -0.2) is 18.1 Å². The Bertz CT molecular complexity index is 404. The molecule has 84 valence electrons. The Hall–Kier alpha value is -1.35. The number of esters is 1. The topological polar surface area (TPSA) is 38.3 Å². The molecular weight excluding hydrogens is 202 g/mol. The van der Waals surface area contributed by atoms with Gasteiger partial charge in [-0.2, -0.15) is 0 Å². The molecule has 0 aromatic heterocycles. The molecule has 1 saturated heterocycles. The first-order chi connectivity index (χ1) is 7.81. The van der Waals surface area contributed by atoms with Crippen molar-refractivity contribution in [3.05, 3.63) is 35.9 Å². The second-order valence-corrected chi connectivity index (χ2v) is 4.65. The first-order valence-electron chi connectivity index (χ1n) is 5.77. The van der Waals surface area contributed by atoms with E-state index in [1.165, 1.54) is 0 Å². The number of fused-ring (bicyclic) bond motifs is 1. The summed E-state index contributed by atoms with van der Waals surface area (Å²) < 4.78 is 5.36. The highest BCUT2D eigenvalue weighted by Gasteiger charge is 2.63. The molecule has 1 aromatic carbocycles. The van der Waals surface area contributed by atoms with Crippen molar-refractivity contribution in [2.24, 2.45) is 5.92 Å². The SMILES string of the molecule is O=C(OCc1ccccc1)[C@]12C[C@H]1CCN2. The molecule has 1 saturated carbocycles. The molecule has 0 amide bonds. The van der Waals surface area contributed by atoms with Crippen LogP contribution in [0.2, 0.25) is 0 Å². The van der Waals surface area contributed by atoms with Crippen molar-refractivity contribution in [2.75, 3.05) is 6.54 Å². The van der Waals surface area contributed by atoms with E-state index in [4.69, 9.17) is 4.74 Å². The van der Waals surface area contributed by atoms with Crippen LogP contribution in [-0.2, 0) is 16.1 Å². The van der Waals surface area contributed by atoms with Crippen LogP contribution in [0.3, 0.4) is 0 Å². The van der Waals surface area contributed by atoms with Crippen molar-refractivity contribution in [2.45, 2.75) is 25.0 Å². The van der Waals surface area contributed by atoms with Crippen molar-refractivity contribution in [3.63, 3.8) is 0 Å². The minimum Gasteiger partial charge on any atom is -0.459 e. The average molecular weight is 217 g/mol. The maximum Gasteiger partial charge on any atom is 0.326 e. The lowest BCUT2D eigenvalue weighted by Gasteiger charge is -2.12. The predicted molar refractivity (Wildman–Crippen MR) is 59.7 cm³/mol. The zero-order chi connectivity index (χ0) is 11.0. The fourth-order valence-corrected chi connectivity index (χ4v) is 2.54. The van der Waals surface area contributed by atoms with Gasteiger partial charge >= 0.3 is 5.97 Å². The quantitative estimate of drug-likeness (QED) is 0.779. The lowest BCUT2D eigenvalue weighted by atomic mass is 10.2. The van der Waals surface area contributed by atoms with Crippen LogP contribution >= 0.6 is 0 Å². The Kier molecular flexibility index (Phi) is 2.21. The number of carbonyl (C=O) groups is 1. The van der Waals surface area contributed by atoms with Crippen LogP contribution in [0.15, 0.2) is 30.3 Å². The fourth-order valence-electron chi connectivity index (χ4n) is 2.54. The molecule has 2 aliphatic rings. The summed E-state index contributed by atoms with van der Waals surface area (Å²) in [6, 6.07) is 9.80. The molecular formula is C13H15NO2. The number of hydrogen-bond acceptors (Lipinski definition) is 3. The highest BCUT2D eigenvalue weighted by atomic mass is 16.5. The Morgan fingerprint density at radius 3 is 2.88 bits per heavy atom. The summed E-state index contributed by atoms with van der Waals surface area (Å²) in [5, 5.41) is 3.27. The summed E-state index contributed by atoms with van der Waals surface area (Å²) in [4.78, 5) is 11.9. The summed E-state index contributed by atoms with van der Waals surface area (Å²) in [6.07, 6.45) is 2.07.